The average Bonchev–Trinajstić information content (AvgIpc) is 3.01. The minimum Gasteiger partial charge on any atom is -0.497 e. The normalized spacial score (nSPS) is 15.2. The molecule has 1 aromatic heterocycles. The van der Waals surface area contributed by atoms with E-state index in [0.717, 1.165) is 39.8 Å². The number of hydrogen-bond donors (Lipinski definition) is 1. The molecule has 0 bridgehead atoms. The molecule has 156 valence electrons. The Kier molecular flexibility index (Phi) is 4.92. The Hall–Kier alpha value is -3.08. The zero-order valence-corrected chi connectivity index (χ0v) is 18.3. The van der Waals surface area contributed by atoms with Crippen LogP contribution in [-0.2, 0) is 13.0 Å². The van der Waals surface area contributed by atoms with E-state index in [-0.39, 0.29) is 17.1 Å². The van der Waals surface area contributed by atoms with Crippen LogP contribution in [0.1, 0.15) is 57.9 Å². The smallest absolute Gasteiger partial charge is 0.270 e. The number of benzene rings is 2. The number of ketones is 1. The second-order valence-electron chi connectivity index (χ2n) is 9.13. The summed E-state index contributed by atoms with van der Waals surface area (Å²) in [5, 5.41) is 2.20. The van der Waals surface area contributed by atoms with Crippen molar-refractivity contribution in [2.75, 3.05) is 14.2 Å². The molecule has 0 radical (unpaired) electrons. The van der Waals surface area contributed by atoms with Gasteiger partial charge in [-0.3, -0.25) is 9.59 Å². The molecule has 4 rings (SSSR count). The predicted molar refractivity (Wildman–Crippen MR) is 118 cm³/mol. The van der Waals surface area contributed by atoms with Crippen molar-refractivity contribution in [3.05, 3.63) is 64.5 Å². The number of rotatable bonds is 4. The lowest BCUT2D eigenvalue weighted by Crippen LogP contribution is -2.27. The van der Waals surface area contributed by atoms with Gasteiger partial charge in [0.25, 0.3) is 5.91 Å². The molecule has 1 amide bonds. The number of carbonyl (C=O) groups is 2. The molecule has 0 spiro atoms. The number of nitrogens with zero attached hydrogens (tertiary/aromatic N) is 1. The third-order valence-electron chi connectivity index (χ3n) is 5.99. The minimum absolute atomic E-state index is 0.0820. The summed E-state index contributed by atoms with van der Waals surface area (Å²) in [5.74, 6) is 0.857. The van der Waals surface area contributed by atoms with Gasteiger partial charge >= 0.3 is 0 Å². The van der Waals surface area contributed by atoms with Gasteiger partial charge in [0.1, 0.15) is 11.4 Å². The van der Waals surface area contributed by atoms with Crippen molar-refractivity contribution >= 4 is 22.5 Å². The summed E-state index contributed by atoms with van der Waals surface area (Å²) < 4.78 is 5.28. The third-order valence-corrected chi connectivity index (χ3v) is 5.99. The SMILES string of the molecule is COc1ccc2cc(CN(C)C(=O)c3[nH]c4c(c3C)C(=O)CC(C)(C)C4)ccc2c1. The van der Waals surface area contributed by atoms with Gasteiger partial charge in [0.05, 0.1) is 7.11 Å². The van der Waals surface area contributed by atoms with Gasteiger partial charge in [0.15, 0.2) is 5.78 Å². The Balaban J connectivity index is 1.57. The van der Waals surface area contributed by atoms with Crippen molar-refractivity contribution in [3.8, 4) is 5.75 Å². The van der Waals surface area contributed by atoms with Crippen LogP contribution in [-0.4, -0.2) is 35.7 Å². The molecule has 5 heteroatoms. The van der Waals surface area contributed by atoms with Crippen LogP contribution in [0.25, 0.3) is 10.8 Å². The number of ether oxygens (including phenoxy) is 1. The largest absolute Gasteiger partial charge is 0.497 e. The van der Waals surface area contributed by atoms with Gasteiger partial charge in [0.2, 0.25) is 0 Å². The first-order valence-electron chi connectivity index (χ1n) is 10.3. The van der Waals surface area contributed by atoms with Crippen LogP contribution in [0.3, 0.4) is 0 Å². The summed E-state index contributed by atoms with van der Waals surface area (Å²) in [4.78, 5) is 30.8. The minimum atomic E-state index is -0.0951. The van der Waals surface area contributed by atoms with Gasteiger partial charge in [-0.15, -0.1) is 0 Å². The van der Waals surface area contributed by atoms with E-state index in [9.17, 15) is 9.59 Å². The van der Waals surface area contributed by atoms with E-state index in [2.05, 4.69) is 24.9 Å². The molecule has 30 heavy (non-hydrogen) atoms. The van der Waals surface area contributed by atoms with E-state index in [4.69, 9.17) is 4.74 Å². The van der Waals surface area contributed by atoms with Gasteiger partial charge in [-0.25, -0.2) is 0 Å². The van der Waals surface area contributed by atoms with Crippen LogP contribution in [0.4, 0.5) is 0 Å². The summed E-state index contributed by atoms with van der Waals surface area (Å²) in [5.41, 5.74) is 3.87. The zero-order valence-electron chi connectivity index (χ0n) is 18.3. The van der Waals surface area contributed by atoms with Crippen molar-refractivity contribution < 1.29 is 14.3 Å². The summed E-state index contributed by atoms with van der Waals surface area (Å²) in [7, 11) is 3.46. The first kappa shape index (κ1) is 20.2. The second-order valence-corrected chi connectivity index (χ2v) is 9.13. The first-order chi connectivity index (χ1) is 14.2. The van der Waals surface area contributed by atoms with Crippen LogP contribution >= 0.6 is 0 Å². The highest BCUT2D eigenvalue weighted by Crippen LogP contribution is 2.37. The monoisotopic (exact) mass is 404 g/mol. The van der Waals surface area contributed by atoms with Crippen LogP contribution in [0.2, 0.25) is 0 Å². The Bertz CT molecular complexity index is 1160. The highest BCUT2D eigenvalue weighted by molar-refractivity contribution is 6.04. The Morgan fingerprint density at radius 3 is 2.57 bits per heavy atom. The van der Waals surface area contributed by atoms with Crippen LogP contribution in [0.5, 0.6) is 5.75 Å². The number of H-pyrrole nitrogens is 1. The first-order valence-corrected chi connectivity index (χ1v) is 10.3. The van der Waals surface area contributed by atoms with Gasteiger partial charge in [-0.1, -0.05) is 32.0 Å². The molecule has 2 aromatic carbocycles. The standard InChI is InChI=1S/C25H28N2O3/c1-15-22-20(12-25(2,3)13-21(22)28)26-23(15)24(29)27(4)14-16-6-7-18-11-19(30-5)9-8-17(18)10-16/h6-11,26H,12-14H2,1-5H3. The Labute approximate surface area is 177 Å². The van der Waals surface area contributed by atoms with Crippen LogP contribution < -0.4 is 4.74 Å². The molecule has 3 aromatic rings. The lowest BCUT2D eigenvalue weighted by atomic mass is 9.75. The molecule has 0 fully saturated rings. The molecule has 1 N–H and O–H groups in total. The molecular formula is C25H28N2O3. The summed E-state index contributed by atoms with van der Waals surface area (Å²) >= 11 is 0. The lowest BCUT2D eigenvalue weighted by Gasteiger charge is -2.28. The topological polar surface area (TPSA) is 62.4 Å². The molecule has 0 atom stereocenters. The number of hydrogen-bond acceptors (Lipinski definition) is 3. The van der Waals surface area contributed by atoms with Gasteiger partial charge in [-0.2, -0.15) is 0 Å². The molecule has 5 nitrogen and oxygen atoms in total. The number of amides is 1. The summed E-state index contributed by atoms with van der Waals surface area (Å²) in [6.45, 7) is 6.54. The van der Waals surface area contributed by atoms with Crippen LogP contribution in [0, 0.1) is 12.3 Å². The maximum absolute atomic E-state index is 13.2. The molecule has 0 saturated carbocycles. The second kappa shape index (κ2) is 7.31. The number of aromatic nitrogens is 1. The quantitative estimate of drug-likeness (QED) is 0.672. The number of aromatic amines is 1. The number of nitrogens with one attached hydrogen (secondary N) is 1. The highest BCUT2D eigenvalue weighted by Gasteiger charge is 2.35. The van der Waals surface area contributed by atoms with E-state index in [1.807, 2.05) is 37.3 Å². The van der Waals surface area contributed by atoms with E-state index in [1.54, 1.807) is 19.1 Å². The van der Waals surface area contributed by atoms with Gasteiger partial charge in [0, 0.05) is 31.3 Å². The number of methoxy groups -OCH3 is 1. The molecular weight excluding hydrogens is 376 g/mol. The maximum atomic E-state index is 13.2. The third kappa shape index (κ3) is 3.60. The molecule has 1 aliphatic rings. The fourth-order valence-corrected chi connectivity index (χ4v) is 4.48. The molecule has 1 aliphatic carbocycles. The van der Waals surface area contributed by atoms with Crippen LogP contribution in [0.15, 0.2) is 36.4 Å². The van der Waals surface area contributed by atoms with Crippen molar-refractivity contribution in [1.82, 2.24) is 9.88 Å². The van der Waals surface area contributed by atoms with Gasteiger partial charge in [-0.05, 0) is 58.9 Å². The fraction of sp³-hybridized carbons (Fsp3) is 0.360. The number of carbonyl (C=O) groups excluding carboxylic acids is 2. The number of Topliss-reactive ketones (excluding diaryl/α,β-unsaturated/α-hetero) is 1. The van der Waals surface area contributed by atoms with E-state index < -0.39 is 0 Å². The molecule has 0 saturated heterocycles. The van der Waals surface area contributed by atoms with Crippen molar-refractivity contribution in [1.29, 1.82) is 0 Å². The van der Waals surface area contributed by atoms with E-state index in [0.29, 0.717) is 24.2 Å². The van der Waals surface area contributed by atoms with Crippen molar-refractivity contribution in [2.45, 2.75) is 40.2 Å². The molecule has 0 unspecified atom stereocenters. The van der Waals surface area contributed by atoms with E-state index >= 15 is 0 Å². The molecule has 0 aliphatic heterocycles. The van der Waals surface area contributed by atoms with Crippen molar-refractivity contribution in [3.63, 3.8) is 0 Å². The lowest BCUT2D eigenvalue weighted by molar-refractivity contribution is 0.0778. The zero-order chi connectivity index (χ0) is 21.6. The van der Waals surface area contributed by atoms with E-state index in [1.165, 1.54) is 0 Å². The Morgan fingerprint density at radius 2 is 1.83 bits per heavy atom. The maximum Gasteiger partial charge on any atom is 0.270 e. The summed E-state index contributed by atoms with van der Waals surface area (Å²) in [6.07, 6.45) is 1.30. The van der Waals surface area contributed by atoms with Crippen molar-refractivity contribution in [2.24, 2.45) is 5.41 Å². The fourth-order valence-electron chi connectivity index (χ4n) is 4.48. The molecule has 1 heterocycles. The number of fused-ring (bicyclic) bond motifs is 2. The van der Waals surface area contributed by atoms with Gasteiger partial charge < -0.3 is 14.6 Å². The predicted octanol–water partition coefficient (Wildman–Crippen LogP) is 4.91. The Morgan fingerprint density at radius 1 is 1.13 bits per heavy atom. The highest BCUT2D eigenvalue weighted by atomic mass is 16.5. The summed E-state index contributed by atoms with van der Waals surface area (Å²) in [6, 6.07) is 12.1. The average molecular weight is 405 g/mol.